The number of fused-ring (bicyclic) bond motifs is 1. The zero-order valence-electron chi connectivity index (χ0n) is 17.7. The third-order valence-electron chi connectivity index (χ3n) is 5.12. The number of ketones is 1. The zero-order valence-corrected chi connectivity index (χ0v) is 17.7. The Hall–Kier alpha value is -3.93. The molecule has 0 bridgehead atoms. The van der Waals surface area contributed by atoms with Crippen LogP contribution >= 0.6 is 0 Å². The minimum atomic E-state index is -0.185. The van der Waals surface area contributed by atoms with Crippen LogP contribution < -0.4 is 18.9 Å². The summed E-state index contributed by atoms with van der Waals surface area (Å²) >= 11 is 0. The summed E-state index contributed by atoms with van der Waals surface area (Å²) in [6.45, 7) is 0. The lowest BCUT2D eigenvalue weighted by Gasteiger charge is -2.09. The van der Waals surface area contributed by atoms with Crippen molar-refractivity contribution in [3.8, 4) is 34.3 Å². The summed E-state index contributed by atoms with van der Waals surface area (Å²) in [5, 5.41) is 0.700. The molecular formula is C25H22O6. The van der Waals surface area contributed by atoms with Crippen molar-refractivity contribution in [2.24, 2.45) is 0 Å². The monoisotopic (exact) mass is 418 g/mol. The maximum Gasteiger partial charge on any atom is 0.197 e. The van der Waals surface area contributed by atoms with Gasteiger partial charge in [-0.25, -0.2) is 0 Å². The first-order chi connectivity index (χ1) is 15.1. The molecule has 0 aliphatic carbocycles. The van der Waals surface area contributed by atoms with Crippen LogP contribution in [0.25, 0.3) is 22.3 Å². The molecule has 158 valence electrons. The van der Waals surface area contributed by atoms with Gasteiger partial charge < -0.3 is 23.4 Å². The van der Waals surface area contributed by atoms with E-state index in [1.165, 1.54) is 7.11 Å². The zero-order chi connectivity index (χ0) is 22.0. The fourth-order valence-corrected chi connectivity index (χ4v) is 3.50. The van der Waals surface area contributed by atoms with Crippen LogP contribution in [0.5, 0.6) is 23.0 Å². The van der Waals surface area contributed by atoms with Crippen LogP contribution in [-0.4, -0.2) is 34.2 Å². The Kier molecular flexibility index (Phi) is 5.54. The first-order valence-electron chi connectivity index (χ1n) is 9.61. The highest BCUT2D eigenvalue weighted by Crippen LogP contribution is 2.38. The second-order valence-electron chi connectivity index (χ2n) is 6.80. The molecule has 0 amide bonds. The van der Waals surface area contributed by atoms with Crippen LogP contribution in [0, 0.1) is 0 Å². The van der Waals surface area contributed by atoms with Crippen molar-refractivity contribution < 1.29 is 28.2 Å². The van der Waals surface area contributed by atoms with Crippen LogP contribution in [0.3, 0.4) is 0 Å². The van der Waals surface area contributed by atoms with Crippen molar-refractivity contribution in [2.75, 3.05) is 28.4 Å². The molecule has 3 aromatic carbocycles. The van der Waals surface area contributed by atoms with Crippen molar-refractivity contribution in [3.63, 3.8) is 0 Å². The lowest BCUT2D eigenvalue weighted by Crippen LogP contribution is -2.03. The number of hydrogen-bond donors (Lipinski definition) is 0. The third-order valence-corrected chi connectivity index (χ3v) is 5.12. The Morgan fingerprint density at radius 2 is 1.39 bits per heavy atom. The Balaban J connectivity index is 1.91. The number of carbonyl (C=O) groups excluding carboxylic acids is 1. The summed E-state index contributed by atoms with van der Waals surface area (Å²) in [7, 11) is 6.28. The second-order valence-corrected chi connectivity index (χ2v) is 6.80. The van der Waals surface area contributed by atoms with Crippen LogP contribution in [0.4, 0.5) is 0 Å². The Bertz CT molecular complexity index is 1240. The van der Waals surface area contributed by atoms with Crippen molar-refractivity contribution in [1.29, 1.82) is 0 Å². The highest BCUT2D eigenvalue weighted by Gasteiger charge is 2.24. The molecule has 6 nitrogen and oxygen atoms in total. The van der Waals surface area contributed by atoms with Gasteiger partial charge in [0.2, 0.25) is 0 Å². The number of rotatable bonds is 7. The molecule has 6 heteroatoms. The van der Waals surface area contributed by atoms with Gasteiger partial charge in [0.1, 0.15) is 22.8 Å². The molecule has 0 spiro atoms. The topological polar surface area (TPSA) is 67.1 Å². The minimum absolute atomic E-state index is 0.185. The Labute approximate surface area is 179 Å². The molecule has 0 fully saturated rings. The minimum Gasteiger partial charge on any atom is -0.497 e. The molecule has 0 aliphatic heterocycles. The SMILES string of the molecule is COc1ccc(-c2oc3cc(OC)ccc3c2C(=O)c2ccc(OC)c(OC)c2)cc1. The van der Waals surface area contributed by atoms with Gasteiger partial charge in [-0.1, -0.05) is 0 Å². The van der Waals surface area contributed by atoms with E-state index in [9.17, 15) is 4.79 Å². The van der Waals surface area contributed by atoms with E-state index in [4.69, 9.17) is 23.4 Å². The van der Waals surface area contributed by atoms with Gasteiger partial charge in [0, 0.05) is 22.6 Å². The molecule has 0 N–H and O–H groups in total. The quantitative estimate of drug-likeness (QED) is 0.376. The van der Waals surface area contributed by atoms with Crippen LogP contribution in [0.15, 0.2) is 65.1 Å². The molecule has 4 aromatic rings. The van der Waals surface area contributed by atoms with E-state index in [0.29, 0.717) is 50.9 Å². The number of furan rings is 1. The molecule has 0 radical (unpaired) electrons. The summed E-state index contributed by atoms with van der Waals surface area (Å²) in [5.74, 6) is 2.69. The number of hydrogen-bond acceptors (Lipinski definition) is 6. The fraction of sp³-hybridized carbons (Fsp3) is 0.160. The van der Waals surface area contributed by atoms with E-state index >= 15 is 0 Å². The smallest absolute Gasteiger partial charge is 0.197 e. The Morgan fingerprint density at radius 1 is 0.710 bits per heavy atom. The molecular weight excluding hydrogens is 396 g/mol. The van der Waals surface area contributed by atoms with Gasteiger partial charge in [0.15, 0.2) is 17.3 Å². The average molecular weight is 418 g/mol. The first kappa shape index (κ1) is 20.3. The standard InChI is InChI=1S/C25H22O6/c1-27-17-8-5-15(6-9-17)25-23(19-11-10-18(28-2)14-21(19)31-25)24(26)16-7-12-20(29-3)22(13-16)30-4/h5-14H,1-4H3. The molecule has 0 unspecified atom stereocenters. The largest absolute Gasteiger partial charge is 0.497 e. The highest BCUT2D eigenvalue weighted by atomic mass is 16.5. The van der Waals surface area contributed by atoms with Gasteiger partial charge in [-0.15, -0.1) is 0 Å². The molecule has 4 rings (SSSR count). The van der Waals surface area contributed by atoms with E-state index in [1.54, 1.807) is 51.7 Å². The predicted octanol–water partition coefficient (Wildman–Crippen LogP) is 5.37. The number of carbonyl (C=O) groups is 1. The summed E-state index contributed by atoms with van der Waals surface area (Å²) in [5.41, 5.74) is 2.26. The molecule has 1 aromatic heterocycles. The van der Waals surface area contributed by atoms with Crippen molar-refractivity contribution >= 4 is 16.8 Å². The molecule has 0 saturated carbocycles. The lowest BCUT2D eigenvalue weighted by molar-refractivity contribution is 0.104. The second kappa shape index (κ2) is 8.44. The summed E-state index contributed by atoms with van der Waals surface area (Å²) < 4.78 is 27.4. The highest BCUT2D eigenvalue weighted by molar-refractivity contribution is 6.19. The summed E-state index contributed by atoms with van der Waals surface area (Å²) in [4.78, 5) is 13.6. The number of benzene rings is 3. The summed E-state index contributed by atoms with van der Waals surface area (Å²) in [6.07, 6.45) is 0. The molecule has 1 heterocycles. The van der Waals surface area contributed by atoms with Crippen LogP contribution in [0.2, 0.25) is 0 Å². The van der Waals surface area contributed by atoms with Crippen LogP contribution in [0.1, 0.15) is 15.9 Å². The predicted molar refractivity (Wildman–Crippen MR) is 118 cm³/mol. The van der Waals surface area contributed by atoms with E-state index in [0.717, 1.165) is 5.56 Å². The van der Waals surface area contributed by atoms with E-state index in [-0.39, 0.29) is 5.78 Å². The first-order valence-corrected chi connectivity index (χ1v) is 9.61. The van der Waals surface area contributed by atoms with Crippen LogP contribution in [-0.2, 0) is 0 Å². The molecule has 0 saturated heterocycles. The maximum atomic E-state index is 13.6. The maximum absolute atomic E-state index is 13.6. The van der Waals surface area contributed by atoms with Crippen molar-refractivity contribution in [2.45, 2.75) is 0 Å². The van der Waals surface area contributed by atoms with Gasteiger partial charge in [-0.05, 0) is 54.6 Å². The number of methoxy groups -OCH3 is 4. The average Bonchev–Trinajstić information content (AvgIpc) is 3.21. The third kappa shape index (κ3) is 3.68. The molecule has 0 atom stereocenters. The molecule has 31 heavy (non-hydrogen) atoms. The number of ether oxygens (including phenoxy) is 4. The van der Waals surface area contributed by atoms with Crippen molar-refractivity contribution in [3.05, 3.63) is 71.8 Å². The van der Waals surface area contributed by atoms with Gasteiger partial charge >= 0.3 is 0 Å². The van der Waals surface area contributed by atoms with Gasteiger partial charge in [0.25, 0.3) is 0 Å². The van der Waals surface area contributed by atoms with Gasteiger partial charge in [0.05, 0.1) is 34.0 Å². The van der Waals surface area contributed by atoms with Gasteiger partial charge in [-0.2, -0.15) is 0 Å². The fourth-order valence-electron chi connectivity index (χ4n) is 3.50. The molecule has 0 aliphatic rings. The van der Waals surface area contributed by atoms with Gasteiger partial charge in [-0.3, -0.25) is 4.79 Å². The summed E-state index contributed by atoms with van der Waals surface area (Å²) in [6, 6.07) is 17.9. The van der Waals surface area contributed by atoms with E-state index < -0.39 is 0 Å². The Morgan fingerprint density at radius 3 is 2.03 bits per heavy atom. The van der Waals surface area contributed by atoms with Crippen molar-refractivity contribution in [1.82, 2.24) is 0 Å². The normalized spacial score (nSPS) is 10.7. The van der Waals surface area contributed by atoms with E-state index in [2.05, 4.69) is 0 Å². The van der Waals surface area contributed by atoms with E-state index in [1.807, 2.05) is 30.3 Å². The lowest BCUT2D eigenvalue weighted by atomic mass is 9.97.